The van der Waals surface area contributed by atoms with Gasteiger partial charge in [-0.15, -0.1) is 11.8 Å². The molecule has 0 spiro atoms. The Labute approximate surface area is 82.9 Å². The summed E-state index contributed by atoms with van der Waals surface area (Å²) in [4.78, 5) is 11.5. The van der Waals surface area contributed by atoms with Gasteiger partial charge in [0.05, 0.1) is 0 Å². The maximum Gasteiger partial charge on any atom is 0.324 e. The van der Waals surface area contributed by atoms with E-state index >= 15 is 0 Å². The van der Waals surface area contributed by atoms with Gasteiger partial charge >= 0.3 is 5.97 Å². The molecule has 0 aliphatic carbocycles. The summed E-state index contributed by atoms with van der Waals surface area (Å²) in [5.41, 5.74) is 0. The average molecular weight is 201 g/mol. The Hall–Kier alpha value is -0.480. The Bertz CT molecular complexity index is 216. The lowest BCUT2D eigenvalue weighted by Crippen LogP contribution is -2.44. The predicted octanol–water partition coefficient (Wildman–Crippen LogP) is 1.16. The van der Waals surface area contributed by atoms with Gasteiger partial charge in [-0.05, 0) is 13.8 Å². The molecule has 0 aromatic heterocycles. The van der Waals surface area contributed by atoms with Gasteiger partial charge in [-0.3, -0.25) is 10.1 Å². The third-order valence-electron chi connectivity index (χ3n) is 2.01. The van der Waals surface area contributed by atoms with Gasteiger partial charge in [0.25, 0.3) is 0 Å². The summed E-state index contributed by atoms with van der Waals surface area (Å²) in [6.07, 6.45) is 1.58. The van der Waals surface area contributed by atoms with Crippen molar-refractivity contribution in [1.29, 1.82) is 0 Å². The second-order valence-corrected chi connectivity index (χ2v) is 5.08. The zero-order valence-corrected chi connectivity index (χ0v) is 8.82. The highest BCUT2D eigenvalue weighted by molar-refractivity contribution is 8.00. The fraction of sp³-hybridized carbons (Fsp3) is 0.667. The number of nitrogens with one attached hydrogen (secondary N) is 1. The van der Waals surface area contributed by atoms with E-state index in [1.165, 1.54) is 0 Å². The number of thioether (sulfide) groups is 1. The van der Waals surface area contributed by atoms with Gasteiger partial charge in [-0.2, -0.15) is 0 Å². The third kappa shape index (κ3) is 2.48. The van der Waals surface area contributed by atoms with Gasteiger partial charge in [-0.25, -0.2) is 0 Å². The molecule has 1 aliphatic rings. The molecular formula is C9H15NO2S. The monoisotopic (exact) mass is 201 g/mol. The highest BCUT2D eigenvalue weighted by Gasteiger charge is 2.40. The molecule has 3 nitrogen and oxygen atoms in total. The summed E-state index contributed by atoms with van der Waals surface area (Å²) < 4.78 is 4.91. The van der Waals surface area contributed by atoms with Crippen molar-refractivity contribution in [2.75, 3.05) is 12.5 Å². The summed E-state index contributed by atoms with van der Waals surface area (Å²) in [6.45, 7) is 7.86. The summed E-state index contributed by atoms with van der Waals surface area (Å²) >= 11 is 1.73. The lowest BCUT2D eigenvalue weighted by Gasteiger charge is -2.23. The fourth-order valence-electron chi connectivity index (χ4n) is 1.23. The van der Waals surface area contributed by atoms with Crippen molar-refractivity contribution in [2.24, 2.45) is 0 Å². The molecule has 0 aromatic carbocycles. The van der Waals surface area contributed by atoms with Gasteiger partial charge in [0, 0.05) is 10.6 Å². The number of esters is 1. The SMILES string of the molecule is C=CCOC(=O)[C@@H]1NCSC1(C)C. The summed E-state index contributed by atoms with van der Waals surface area (Å²) in [6, 6.07) is -0.197. The van der Waals surface area contributed by atoms with Gasteiger partial charge in [0.15, 0.2) is 0 Å². The van der Waals surface area contributed by atoms with Crippen LogP contribution in [0.1, 0.15) is 13.8 Å². The first kappa shape index (κ1) is 10.6. The number of hydrogen-bond donors (Lipinski definition) is 1. The van der Waals surface area contributed by atoms with Crippen LogP contribution < -0.4 is 5.32 Å². The topological polar surface area (TPSA) is 38.3 Å². The maximum absolute atomic E-state index is 11.5. The summed E-state index contributed by atoms with van der Waals surface area (Å²) in [7, 11) is 0. The first-order chi connectivity index (χ1) is 6.08. The highest BCUT2D eigenvalue weighted by Crippen LogP contribution is 2.33. The largest absolute Gasteiger partial charge is 0.460 e. The van der Waals surface area contributed by atoms with Crippen LogP contribution in [0, 0.1) is 0 Å². The first-order valence-corrected chi connectivity index (χ1v) is 5.21. The van der Waals surface area contributed by atoms with E-state index in [1.54, 1.807) is 17.8 Å². The molecule has 1 N–H and O–H groups in total. The maximum atomic E-state index is 11.5. The Balaban J connectivity index is 2.51. The van der Waals surface area contributed by atoms with Crippen molar-refractivity contribution in [3.8, 4) is 0 Å². The average Bonchev–Trinajstić information content (AvgIpc) is 2.41. The lowest BCUT2D eigenvalue weighted by atomic mass is 10.0. The molecule has 74 valence electrons. The molecule has 0 amide bonds. The van der Waals surface area contributed by atoms with Gasteiger partial charge in [0.2, 0.25) is 0 Å². The van der Waals surface area contributed by atoms with E-state index in [9.17, 15) is 4.79 Å². The molecule has 1 heterocycles. The van der Waals surface area contributed by atoms with Crippen LogP contribution in [0.15, 0.2) is 12.7 Å². The van der Waals surface area contributed by atoms with E-state index in [2.05, 4.69) is 11.9 Å². The van der Waals surface area contributed by atoms with Crippen LogP contribution in [0.5, 0.6) is 0 Å². The van der Waals surface area contributed by atoms with Crippen LogP contribution in [0.4, 0.5) is 0 Å². The number of ether oxygens (including phenoxy) is 1. The van der Waals surface area contributed by atoms with E-state index in [1.807, 2.05) is 13.8 Å². The molecule has 0 unspecified atom stereocenters. The van der Waals surface area contributed by atoms with Crippen LogP contribution in [0.2, 0.25) is 0 Å². The minimum absolute atomic E-state index is 0.0712. The second kappa shape index (κ2) is 4.15. The van der Waals surface area contributed by atoms with Crippen molar-refractivity contribution in [2.45, 2.75) is 24.6 Å². The van der Waals surface area contributed by atoms with E-state index in [0.717, 1.165) is 5.88 Å². The second-order valence-electron chi connectivity index (χ2n) is 3.45. The van der Waals surface area contributed by atoms with Gasteiger partial charge in [0.1, 0.15) is 12.6 Å². The van der Waals surface area contributed by atoms with E-state index in [-0.39, 0.29) is 23.4 Å². The standard InChI is InChI=1S/C9H15NO2S/c1-4-5-12-8(11)7-9(2,3)13-6-10-7/h4,7,10H,1,5-6H2,2-3H3/t7-/m0/s1. The van der Waals surface area contributed by atoms with Crippen molar-refractivity contribution in [1.82, 2.24) is 5.32 Å². The Morgan fingerprint density at radius 2 is 2.54 bits per heavy atom. The first-order valence-electron chi connectivity index (χ1n) is 4.23. The molecule has 0 radical (unpaired) electrons. The van der Waals surface area contributed by atoms with E-state index < -0.39 is 0 Å². The molecule has 4 heteroatoms. The molecule has 1 fully saturated rings. The van der Waals surface area contributed by atoms with E-state index in [4.69, 9.17) is 4.74 Å². The molecular weight excluding hydrogens is 186 g/mol. The zero-order chi connectivity index (χ0) is 9.90. The zero-order valence-electron chi connectivity index (χ0n) is 8.00. The number of carbonyl (C=O) groups is 1. The van der Waals surface area contributed by atoms with Gasteiger partial charge in [-0.1, -0.05) is 12.7 Å². The number of carbonyl (C=O) groups excluding carboxylic acids is 1. The minimum atomic E-state index is -0.197. The summed E-state index contributed by atoms with van der Waals surface area (Å²) in [5, 5.41) is 3.11. The number of hydrogen-bond acceptors (Lipinski definition) is 4. The van der Waals surface area contributed by atoms with Crippen LogP contribution in [0.3, 0.4) is 0 Å². The van der Waals surface area contributed by atoms with Crippen LogP contribution in [0.25, 0.3) is 0 Å². The van der Waals surface area contributed by atoms with E-state index in [0.29, 0.717) is 0 Å². The Morgan fingerprint density at radius 3 is 3.00 bits per heavy atom. The van der Waals surface area contributed by atoms with Crippen molar-refractivity contribution < 1.29 is 9.53 Å². The van der Waals surface area contributed by atoms with Crippen molar-refractivity contribution in [3.63, 3.8) is 0 Å². The molecule has 1 rings (SSSR count). The minimum Gasteiger partial charge on any atom is -0.460 e. The normalized spacial score (nSPS) is 25.5. The molecule has 0 aromatic rings. The smallest absolute Gasteiger partial charge is 0.324 e. The lowest BCUT2D eigenvalue weighted by molar-refractivity contribution is -0.145. The number of rotatable bonds is 3. The molecule has 0 saturated carbocycles. The molecule has 1 atom stereocenters. The summed E-state index contributed by atoms with van der Waals surface area (Å²) in [5.74, 6) is 0.621. The Kier molecular flexibility index (Phi) is 3.39. The third-order valence-corrected chi connectivity index (χ3v) is 3.30. The Morgan fingerprint density at radius 1 is 1.85 bits per heavy atom. The molecule has 1 saturated heterocycles. The molecule has 0 bridgehead atoms. The van der Waals surface area contributed by atoms with Crippen LogP contribution >= 0.6 is 11.8 Å². The van der Waals surface area contributed by atoms with Crippen LogP contribution in [-0.2, 0) is 9.53 Å². The molecule has 1 aliphatic heterocycles. The predicted molar refractivity (Wildman–Crippen MR) is 54.6 cm³/mol. The van der Waals surface area contributed by atoms with Crippen LogP contribution in [-0.4, -0.2) is 29.2 Å². The fourth-order valence-corrected chi connectivity index (χ4v) is 2.20. The van der Waals surface area contributed by atoms with Crippen molar-refractivity contribution >= 4 is 17.7 Å². The highest BCUT2D eigenvalue weighted by atomic mass is 32.2. The van der Waals surface area contributed by atoms with Gasteiger partial charge < -0.3 is 4.74 Å². The van der Waals surface area contributed by atoms with Crippen molar-refractivity contribution in [3.05, 3.63) is 12.7 Å². The quantitative estimate of drug-likeness (QED) is 0.549. The molecule has 13 heavy (non-hydrogen) atoms.